The van der Waals surface area contributed by atoms with Crippen LogP contribution in [0.1, 0.15) is 34.1 Å². The molecule has 0 N–H and O–H groups in total. The lowest BCUT2D eigenvalue weighted by molar-refractivity contribution is -0.148. The summed E-state index contributed by atoms with van der Waals surface area (Å²) in [7, 11) is 0. The minimum atomic E-state index is -0.337. The maximum atomic E-state index is 12.6. The summed E-state index contributed by atoms with van der Waals surface area (Å²) >= 11 is 0. The monoisotopic (exact) mass is 344 g/mol. The lowest BCUT2D eigenvalue weighted by Crippen LogP contribution is -2.36. The molecule has 2 fully saturated rings. The minimum Gasteiger partial charge on any atom is -0.453 e. The third-order valence-corrected chi connectivity index (χ3v) is 5.23. The third kappa shape index (κ3) is 3.80. The second kappa shape index (κ2) is 6.93. The Kier molecular flexibility index (Phi) is 5.03. The molecule has 0 aromatic rings. The fourth-order valence-corrected chi connectivity index (χ4v) is 3.61. The van der Waals surface area contributed by atoms with E-state index in [2.05, 4.69) is 33.4 Å². The first-order valence-corrected chi connectivity index (χ1v) is 8.96. The van der Waals surface area contributed by atoms with Gasteiger partial charge in [-0.1, -0.05) is 51.2 Å². The predicted molar refractivity (Wildman–Crippen MR) is 97.0 cm³/mol. The van der Waals surface area contributed by atoms with Crippen LogP contribution in [0.15, 0.2) is 47.6 Å². The van der Waals surface area contributed by atoms with Crippen molar-refractivity contribution in [2.24, 2.45) is 11.3 Å². The van der Waals surface area contributed by atoms with Crippen LogP contribution < -0.4 is 0 Å². The second-order valence-electron chi connectivity index (χ2n) is 8.18. The fourth-order valence-electron chi connectivity index (χ4n) is 3.61. The zero-order chi connectivity index (χ0) is 18.2. The first kappa shape index (κ1) is 18.2. The van der Waals surface area contributed by atoms with E-state index in [0.29, 0.717) is 31.1 Å². The highest BCUT2D eigenvalue weighted by molar-refractivity contribution is 5.92. The summed E-state index contributed by atoms with van der Waals surface area (Å²) in [5.41, 5.74) is 2.71. The van der Waals surface area contributed by atoms with E-state index < -0.39 is 0 Å². The number of esters is 1. The summed E-state index contributed by atoms with van der Waals surface area (Å²) in [6.07, 6.45) is 7.86. The largest absolute Gasteiger partial charge is 0.453 e. The molecule has 25 heavy (non-hydrogen) atoms. The molecular weight excluding hydrogens is 316 g/mol. The lowest BCUT2D eigenvalue weighted by atomic mass is 9.78. The topological polar surface area (TPSA) is 44.8 Å². The van der Waals surface area contributed by atoms with Gasteiger partial charge in [0.05, 0.1) is 24.9 Å². The van der Waals surface area contributed by atoms with Crippen LogP contribution in [0.2, 0.25) is 0 Å². The number of carbonyl (C=O) groups is 1. The van der Waals surface area contributed by atoms with Gasteiger partial charge in [0.25, 0.3) is 0 Å². The van der Waals surface area contributed by atoms with E-state index >= 15 is 0 Å². The highest BCUT2D eigenvalue weighted by Crippen LogP contribution is 2.41. The summed E-state index contributed by atoms with van der Waals surface area (Å²) in [5.74, 6) is 0.00481. The maximum absolute atomic E-state index is 12.6. The maximum Gasteiger partial charge on any atom is 0.338 e. The molecule has 2 saturated heterocycles. The zero-order valence-electron chi connectivity index (χ0n) is 15.6. The van der Waals surface area contributed by atoms with E-state index in [1.165, 1.54) is 0 Å². The van der Waals surface area contributed by atoms with Crippen LogP contribution in [0, 0.1) is 11.3 Å². The molecule has 4 heteroatoms. The molecule has 2 aliphatic heterocycles. The average Bonchev–Trinajstić information content (AvgIpc) is 3.00. The third-order valence-electron chi connectivity index (χ3n) is 5.23. The van der Waals surface area contributed by atoms with Gasteiger partial charge in [-0.25, -0.2) is 4.79 Å². The van der Waals surface area contributed by atoms with Gasteiger partial charge < -0.3 is 14.2 Å². The van der Waals surface area contributed by atoms with Gasteiger partial charge in [0, 0.05) is 5.92 Å². The van der Waals surface area contributed by atoms with Gasteiger partial charge in [0.15, 0.2) is 6.10 Å². The summed E-state index contributed by atoms with van der Waals surface area (Å²) in [5, 5.41) is 0. The van der Waals surface area contributed by atoms with Gasteiger partial charge in [-0.15, -0.1) is 0 Å². The van der Waals surface area contributed by atoms with Gasteiger partial charge in [-0.05, 0) is 30.4 Å². The summed E-state index contributed by atoms with van der Waals surface area (Å²) < 4.78 is 17.6. The van der Waals surface area contributed by atoms with Gasteiger partial charge in [0.1, 0.15) is 6.10 Å². The van der Waals surface area contributed by atoms with E-state index in [1.807, 2.05) is 19.1 Å². The Labute approximate surface area is 150 Å². The van der Waals surface area contributed by atoms with E-state index in [0.717, 1.165) is 11.1 Å². The fraction of sp³-hybridized carbons (Fsp3) is 0.571. The number of allylic oxidation sites excluding steroid dienone is 5. The van der Waals surface area contributed by atoms with E-state index in [4.69, 9.17) is 14.2 Å². The Hall–Kier alpha value is -1.65. The normalized spacial score (nSPS) is 31.8. The van der Waals surface area contributed by atoms with Gasteiger partial charge in [0.2, 0.25) is 0 Å². The molecule has 0 saturated carbocycles. The molecule has 2 heterocycles. The molecule has 0 spiro atoms. The van der Waals surface area contributed by atoms with Crippen molar-refractivity contribution in [3.63, 3.8) is 0 Å². The van der Waals surface area contributed by atoms with Crippen LogP contribution in [0.3, 0.4) is 0 Å². The highest BCUT2D eigenvalue weighted by Gasteiger charge is 2.52. The molecule has 0 bridgehead atoms. The molecule has 1 aliphatic carbocycles. The molecule has 0 radical (unpaired) electrons. The predicted octanol–water partition coefficient (Wildman–Crippen LogP) is 3.75. The number of ether oxygens (including phenoxy) is 3. The molecule has 4 nitrogen and oxygen atoms in total. The summed E-state index contributed by atoms with van der Waals surface area (Å²) in [6, 6.07) is 0. The Morgan fingerprint density at radius 1 is 1.12 bits per heavy atom. The minimum absolute atomic E-state index is 0.00754. The van der Waals surface area contributed by atoms with Crippen molar-refractivity contribution in [3.8, 4) is 0 Å². The lowest BCUT2D eigenvalue weighted by Gasteiger charge is -2.29. The van der Waals surface area contributed by atoms with Crippen LogP contribution in [0.4, 0.5) is 0 Å². The Balaban J connectivity index is 1.63. The average molecular weight is 344 g/mol. The van der Waals surface area contributed by atoms with Crippen molar-refractivity contribution in [1.82, 2.24) is 0 Å². The van der Waals surface area contributed by atoms with Crippen LogP contribution in [0.25, 0.3) is 0 Å². The Morgan fingerprint density at radius 3 is 2.44 bits per heavy atom. The molecule has 3 aliphatic rings. The van der Waals surface area contributed by atoms with Crippen LogP contribution >= 0.6 is 0 Å². The first-order chi connectivity index (χ1) is 11.8. The van der Waals surface area contributed by atoms with Crippen LogP contribution in [0.5, 0.6) is 0 Å². The van der Waals surface area contributed by atoms with Crippen LogP contribution in [-0.4, -0.2) is 37.5 Å². The van der Waals surface area contributed by atoms with E-state index in [-0.39, 0.29) is 29.7 Å². The highest BCUT2D eigenvalue weighted by atomic mass is 16.6. The van der Waals surface area contributed by atoms with Crippen molar-refractivity contribution in [2.45, 2.75) is 52.4 Å². The number of carbonyl (C=O) groups excluding carboxylic acids is 1. The summed E-state index contributed by atoms with van der Waals surface area (Å²) in [4.78, 5) is 12.6. The Morgan fingerprint density at radius 2 is 1.76 bits per heavy atom. The van der Waals surface area contributed by atoms with Gasteiger partial charge in [-0.2, -0.15) is 0 Å². The smallest absolute Gasteiger partial charge is 0.338 e. The van der Waals surface area contributed by atoms with E-state index in [9.17, 15) is 4.79 Å². The zero-order valence-corrected chi connectivity index (χ0v) is 15.6. The van der Waals surface area contributed by atoms with Crippen molar-refractivity contribution < 1.29 is 19.0 Å². The molecule has 0 amide bonds. The first-order valence-electron chi connectivity index (χ1n) is 8.96. The van der Waals surface area contributed by atoms with Crippen molar-refractivity contribution in [1.29, 1.82) is 0 Å². The molecule has 4 unspecified atom stereocenters. The van der Waals surface area contributed by atoms with Gasteiger partial charge in [-0.3, -0.25) is 0 Å². The number of hydrogen-bond acceptors (Lipinski definition) is 4. The Bertz CT molecular complexity index is 647. The van der Waals surface area contributed by atoms with Crippen molar-refractivity contribution >= 4 is 5.97 Å². The molecule has 136 valence electrons. The standard InChI is InChI=1S/C21H28O4/c1-13(2)14-7-6-8-15(10-9-14)20(22)25-17-12-24-18-16(21(3,4)5)11-23-19(17)18/h7-10,16-19H,1,6,11-12H2,2-5H3. The SMILES string of the molecule is C=C(C)C1=CCC=C(C(=O)OC2COC3C2OCC3C(C)(C)C)C=C1. The molecule has 3 rings (SSSR count). The quantitative estimate of drug-likeness (QED) is 0.732. The molecular formula is C21H28O4. The number of fused-ring (bicyclic) bond motifs is 1. The number of rotatable bonds is 3. The van der Waals surface area contributed by atoms with E-state index in [1.54, 1.807) is 6.08 Å². The van der Waals surface area contributed by atoms with Gasteiger partial charge >= 0.3 is 5.97 Å². The van der Waals surface area contributed by atoms with Crippen molar-refractivity contribution in [2.75, 3.05) is 13.2 Å². The molecule has 0 aromatic carbocycles. The second-order valence-corrected chi connectivity index (χ2v) is 8.18. The molecule has 4 atom stereocenters. The number of hydrogen-bond donors (Lipinski definition) is 0. The van der Waals surface area contributed by atoms with Crippen molar-refractivity contribution in [3.05, 3.63) is 47.6 Å². The summed E-state index contributed by atoms with van der Waals surface area (Å²) in [6.45, 7) is 13.5. The van der Waals surface area contributed by atoms with Crippen LogP contribution in [-0.2, 0) is 19.0 Å². The molecule has 0 aromatic heterocycles.